The smallest absolute Gasteiger partial charge is 0.207 e. The highest BCUT2D eigenvalue weighted by atomic mass is 35.5. The van der Waals surface area contributed by atoms with Crippen molar-refractivity contribution in [2.24, 2.45) is 0 Å². The fourth-order valence-corrected chi connectivity index (χ4v) is 7.40. The first-order chi connectivity index (χ1) is 11.7. The summed E-state index contributed by atoms with van der Waals surface area (Å²) in [6, 6.07) is 9.59. The van der Waals surface area contributed by atoms with E-state index in [1.165, 1.54) is 32.1 Å². The Labute approximate surface area is 156 Å². The van der Waals surface area contributed by atoms with Crippen molar-refractivity contribution in [3.05, 3.63) is 46.3 Å². The second-order valence-electron chi connectivity index (χ2n) is 5.60. The first-order valence-corrected chi connectivity index (χ1v) is 11.6. The molecule has 3 rings (SSSR count). The molecule has 0 radical (unpaired) electrons. The van der Waals surface area contributed by atoms with Crippen LogP contribution >= 0.6 is 22.9 Å². The van der Waals surface area contributed by atoms with Crippen molar-refractivity contribution in [2.75, 3.05) is 26.2 Å². The molecule has 25 heavy (non-hydrogen) atoms. The average molecular weight is 421 g/mol. The Balaban J connectivity index is 1.77. The molecule has 1 aliphatic rings. The summed E-state index contributed by atoms with van der Waals surface area (Å²) in [6.07, 6.45) is 0. The molecule has 1 saturated heterocycles. The fraction of sp³-hybridized carbons (Fsp3) is 0.333. The molecular formula is C15H17ClN2O4S3. The van der Waals surface area contributed by atoms with E-state index < -0.39 is 20.0 Å². The van der Waals surface area contributed by atoms with E-state index in [2.05, 4.69) is 0 Å². The number of benzene rings is 1. The normalized spacial score (nSPS) is 17.7. The zero-order valence-electron chi connectivity index (χ0n) is 13.4. The molecule has 0 amide bonds. The van der Waals surface area contributed by atoms with E-state index in [0.717, 1.165) is 4.88 Å². The molecule has 1 aromatic carbocycles. The molecule has 2 heterocycles. The fourth-order valence-electron chi connectivity index (χ4n) is 2.62. The van der Waals surface area contributed by atoms with E-state index in [1.807, 2.05) is 6.92 Å². The van der Waals surface area contributed by atoms with Crippen LogP contribution in [0.1, 0.15) is 4.88 Å². The molecule has 0 bridgehead atoms. The SMILES string of the molecule is Cc1ccc(S(=O)(=O)N2CCN(S(=O)(=O)c3ccccc3Cl)CC2)s1. The van der Waals surface area contributed by atoms with Crippen LogP contribution in [0, 0.1) is 6.92 Å². The van der Waals surface area contributed by atoms with Gasteiger partial charge in [-0.15, -0.1) is 11.3 Å². The van der Waals surface area contributed by atoms with Gasteiger partial charge in [0, 0.05) is 31.1 Å². The number of aryl methyl sites for hydroxylation is 1. The monoisotopic (exact) mass is 420 g/mol. The number of hydrogen-bond acceptors (Lipinski definition) is 5. The van der Waals surface area contributed by atoms with Crippen LogP contribution in [0.25, 0.3) is 0 Å². The number of sulfonamides is 2. The number of piperazine rings is 1. The zero-order chi connectivity index (χ0) is 18.2. The summed E-state index contributed by atoms with van der Waals surface area (Å²) in [6.45, 7) is 2.26. The van der Waals surface area contributed by atoms with Crippen molar-refractivity contribution in [1.82, 2.24) is 8.61 Å². The van der Waals surface area contributed by atoms with Gasteiger partial charge in [0.15, 0.2) is 0 Å². The number of hydrogen-bond donors (Lipinski definition) is 0. The molecule has 0 saturated carbocycles. The predicted octanol–water partition coefficient (Wildman–Crippen LogP) is 2.41. The number of nitrogens with zero attached hydrogens (tertiary/aromatic N) is 2. The minimum absolute atomic E-state index is 0.0434. The van der Waals surface area contributed by atoms with E-state index in [4.69, 9.17) is 11.6 Å². The van der Waals surface area contributed by atoms with Gasteiger partial charge >= 0.3 is 0 Å². The molecule has 0 N–H and O–H groups in total. The Bertz CT molecular complexity index is 978. The first kappa shape index (κ1) is 18.8. The van der Waals surface area contributed by atoms with Crippen LogP contribution in [0.4, 0.5) is 0 Å². The molecule has 0 unspecified atom stereocenters. The standard InChI is InChI=1S/C15H17ClN2O4S3/c1-12-6-7-15(23-12)25(21,22)18-10-8-17(9-11-18)24(19,20)14-5-3-2-4-13(14)16/h2-7H,8-11H2,1H3. The third-order valence-electron chi connectivity index (χ3n) is 3.96. The molecule has 0 spiro atoms. The summed E-state index contributed by atoms with van der Waals surface area (Å²) < 4.78 is 53.6. The Morgan fingerprint density at radius 3 is 1.96 bits per heavy atom. The highest BCUT2D eigenvalue weighted by molar-refractivity contribution is 7.91. The van der Waals surface area contributed by atoms with Crippen LogP contribution in [-0.4, -0.2) is 51.6 Å². The molecule has 0 aliphatic carbocycles. The Morgan fingerprint density at radius 2 is 1.44 bits per heavy atom. The van der Waals surface area contributed by atoms with Crippen molar-refractivity contribution >= 4 is 43.0 Å². The van der Waals surface area contributed by atoms with Crippen LogP contribution in [-0.2, 0) is 20.0 Å². The molecule has 136 valence electrons. The predicted molar refractivity (Wildman–Crippen MR) is 98.0 cm³/mol. The minimum Gasteiger partial charge on any atom is -0.207 e. The minimum atomic E-state index is -3.74. The summed E-state index contributed by atoms with van der Waals surface area (Å²) in [4.78, 5) is 0.959. The van der Waals surface area contributed by atoms with Crippen LogP contribution in [0.3, 0.4) is 0 Å². The molecular weight excluding hydrogens is 404 g/mol. The van der Waals surface area contributed by atoms with Crippen molar-refractivity contribution in [2.45, 2.75) is 16.0 Å². The third kappa shape index (κ3) is 3.62. The van der Waals surface area contributed by atoms with Crippen molar-refractivity contribution in [3.63, 3.8) is 0 Å². The quantitative estimate of drug-likeness (QED) is 0.761. The maximum Gasteiger partial charge on any atom is 0.252 e. The Kier molecular flexibility index (Phi) is 5.25. The maximum atomic E-state index is 12.7. The largest absolute Gasteiger partial charge is 0.252 e. The van der Waals surface area contributed by atoms with Crippen LogP contribution in [0.2, 0.25) is 5.02 Å². The molecule has 10 heteroatoms. The summed E-state index contributed by atoms with van der Waals surface area (Å²) >= 11 is 7.22. The van der Waals surface area contributed by atoms with Gasteiger partial charge < -0.3 is 0 Å². The average Bonchev–Trinajstić information content (AvgIpc) is 3.02. The highest BCUT2D eigenvalue weighted by Crippen LogP contribution is 2.28. The van der Waals surface area contributed by atoms with Gasteiger partial charge in [-0.3, -0.25) is 0 Å². The first-order valence-electron chi connectivity index (χ1n) is 7.54. The summed E-state index contributed by atoms with van der Waals surface area (Å²) in [5, 5.41) is 0.159. The van der Waals surface area contributed by atoms with Crippen molar-refractivity contribution < 1.29 is 16.8 Å². The zero-order valence-corrected chi connectivity index (χ0v) is 16.6. The highest BCUT2D eigenvalue weighted by Gasteiger charge is 2.34. The van der Waals surface area contributed by atoms with E-state index in [-0.39, 0.29) is 40.3 Å². The molecule has 1 fully saturated rings. The lowest BCUT2D eigenvalue weighted by molar-refractivity contribution is 0.273. The van der Waals surface area contributed by atoms with E-state index in [1.54, 1.807) is 24.3 Å². The van der Waals surface area contributed by atoms with Crippen LogP contribution in [0.15, 0.2) is 45.5 Å². The van der Waals surface area contributed by atoms with Gasteiger partial charge in [0.25, 0.3) is 10.0 Å². The van der Waals surface area contributed by atoms with Gasteiger partial charge in [0.2, 0.25) is 10.0 Å². The van der Waals surface area contributed by atoms with Gasteiger partial charge in [-0.2, -0.15) is 8.61 Å². The lowest BCUT2D eigenvalue weighted by atomic mass is 10.4. The summed E-state index contributed by atoms with van der Waals surface area (Å²) in [5.41, 5.74) is 0. The second-order valence-corrected chi connectivity index (χ2v) is 11.4. The van der Waals surface area contributed by atoms with Gasteiger partial charge in [-0.25, -0.2) is 16.8 Å². The Hall–Kier alpha value is -0.970. The van der Waals surface area contributed by atoms with E-state index in [9.17, 15) is 16.8 Å². The lowest BCUT2D eigenvalue weighted by Crippen LogP contribution is -2.50. The van der Waals surface area contributed by atoms with Gasteiger partial charge in [0.05, 0.1) is 5.02 Å². The van der Waals surface area contributed by atoms with Crippen LogP contribution < -0.4 is 0 Å². The van der Waals surface area contributed by atoms with Gasteiger partial charge in [-0.05, 0) is 31.2 Å². The number of halogens is 1. The molecule has 0 atom stereocenters. The van der Waals surface area contributed by atoms with E-state index >= 15 is 0 Å². The molecule has 1 aliphatic heterocycles. The lowest BCUT2D eigenvalue weighted by Gasteiger charge is -2.33. The maximum absolute atomic E-state index is 12.7. The van der Waals surface area contributed by atoms with Gasteiger partial charge in [-0.1, -0.05) is 23.7 Å². The van der Waals surface area contributed by atoms with Crippen molar-refractivity contribution in [3.8, 4) is 0 Å². The molecule has 6 nitrogen and oxygen atoms in total. The third-order valence-corrected chi connectivity index (χ3v) is 9.73. The van der Waals surface area contributed by atoms with E-state index in [0.29, 0.717) is 0 Å². The molecule has 2 aromatic rings. The summed E-state index contributed by atoms with van der Waals surface area (Å²) in [5.74, 6) is 0. The number of thiophene rings is 1. The van der Waals surface area contributed by atoms with Crippen molar-refractivity contribution in [1.29, 1.82) is 0 Å². The Morgan fingerprint density at radius 1 is 0.880 bits per heavy atom. The second kappa shape index (κ2) is 6.98. The topological polar surface area (TPSA) is 74.8 Å². The molecule has 1 aromatic heterocycles. The summed E-state index contributed by atoms with van der Waals surface area (Å²) in [7, 11) is -7.32. The van der Waals surface area contributed by atoms with Gasteiger partial charge in [0.1, 0.15) is 9.10 Å². The van der Waals surface area contributed by atoms with Crippen LogP contribution in [0.5, 0.6) is 0 Å². The number of rotatable bonds is 4.